The predicted molar refractivity (Wildman–Crippen MR) is 88.5 cm³/mol. The largest absolute Gasteiger partial charge is 0.481 e. The van der Waals surface area contributed by atoms with E-state index in [1.807, 2.05) is 0 Å². The molecule has 0 aromatic rings. The SMILES string of the molecule is CCCCCC/C=C\CCCCCCCC(O)CC(=O)O. The van der Waals surface area contributed by atoms with Crippen LogP contribution >= 0.6 is 0 Å². The van der Waals surface area contributed by atoms with Gasteiger partial charge in [-0.05, 0) is 32.1 Å². The fraction of sp³-hybridized carbons (Fsp3) is 0.833. The summed E-state index contributed by atoms with van der Waals surface area (Å²) < 4.78 is 0. The second-order valence-electron chi connectivity index (χ2n) is 5.92. The van der Waals surface area contributed by atoms with Crippen molar-refractivity contribution in [3.05, 3.63) is 12.2 Å². The Morgan fingerprint density at radius 1 is 0.905 bits per heavy atom. The quantitative estimate of drug-likeness (QED) is 0.327. The summed E-state index contributed by atoms with van der Waals surface area (Å²) in [7, 11) is 0. The van der Waals surface area contributed by atoms with Gasteiger partial charge in [0.15, 0.2) is 0 Å². The fourth-order valence-corrected chi connectivity index (χ4v) is 2.40. The number of unbranched alkanes of at least 4 members (excludes halogenated alkanes) is 9. The Balaban J connectivity index is 3.18. The molecule has 0 spiro atoms. The van der Waals surface area contributed by atoms with E-state index in [-0.39, 0.29) is 6.42 Å². The molecule has 1 atom stereocenters. The number of allylic oxidation sites excluding steroid dienone is 2. The van der Waals surface area contributed by atoms with Gasteiger partial charge in [-0.25, -0.2) is 0 Å². The molecule has 0 radical (unpaired) electrons. The Labute approximate surface area is 130 Å². The molecule has 0 aliphatic heterocycles. The Morgan fingerprint density at radius 3 is 2.00 bits per heavy atom. The van der Waals surface area contributed by atoms with Gasteiger partial charge >= 0.3 is 5.97 Å². The van der Waals surface area contributed by atoms with Crippen molar-refractivity contribution in [2.45, 2.75) is 96.5 Å². The highest BCUT2D eigenvalue weighted by Crippen LogP contribution is 2.11. The zero-order chi connectivity index (χ0) is 15.8. The predicted octanol–water partition coefficient (Wildman–Crippen LogP) is 5.08. The summed E-state index contributed by atoms with van der Waals surface area (Å²) in [6.07, 6.45) is 17.9. The molecule has 124 valence electrons. The third-order valence-corrected chi connectivity index (χ3v) is 3.71. The van der Waals surface area contributed by atoms with E-state index in [4.69, 9.17) is 5.11 Å². The maximum atomic E-state index is 10.4. The number of carbonyl (C=O) groups is 1. The molecule has 21 heavy (non-hydrogen) atoms. The lowest BCUT2D eigenvalue weighted by molar-refractivity contribution is -0.139. The van der Waals surface area contributed by atoms with E-state index in [1.54, 1.807) is 0 Å². The molecule has 0 fully saturated rings. The van der Waals surface area contributed by atoms with Crippen molar-refractivity contribution in [1.29, 1.82) is 0 Å². The van der Waals surface area contributed by atoms with E-state index in [2.05, 4.69) is 19.1 Å². The van der Waals surface area contributed by atoms with Crippen LogP contribution in [0.25, 0.3) is 0 Å². The van der Waals surface area contributed by atoms with Gasteiger partial charge in [-0.2, -0.15) is 0 Å². The molecule has 1 unspecified atom stereocenters. The van der Waals surface area contributed by atoms with Crippen molar-refractivity contribution in [2.24, 2.45) is 0 Å². The summed E-state index contributed by atoms with van der Waals surface area (Å²) >= 11 is 0. The van der Waals surface area contributed by atoms with Crippen LogP contribution in [0.1, 0.15) is 90.4 Å². The minimum atomic E-state index is -0.913. The monoisotopic (exact) mass is 298 g/mol. The molecule has 0 aromatic carbocycles. The number of hydrogen-bond donors (Lipinski definition) is 2. The number of carboxylic acid groups (broad SMARTS) is 1. The van der Waals surface area contributed by atoms with Crippen LogP contribution in [0, 0.1) is 0 Å². The van der Waals surface area contributed by atoms with Crippen molar-refractivity contribution in [3.8, 4) is 0 Å². The first kappa shape index (κ1) is 20.2. The molecule has 0 saturated carbocycles. The normalized spacial score (nSPS) is 12.9. The second-order valence-corrected chi connectivity index (χ2v) is 5.92. The van der Waals surface area contributed by atoms with Gasteiger partial charge in [0, 0.05) is 0 Å². The van der Waals surface area contributed by atoms with Crippen molar-refractivity contribution >= 4 is 5.97 Å². The number of hydrogen-bond acceptors (Lipinski definition) is 2. The van der Waals surface area contributed by atoms with Crippen LogP contribution in [0.15, 0.2) is 12.2 Å². The highest BCUT2D eigenvalue weighted by molar-refractivity contribution is 5.67. The molecular weight excluding hydrogens is 264 g/mol. The lowest BCUT2D eigenvalue weighted by Crippen LogP contribution is -2.12. The summed E-state index contributed by atoms with van der Waals surface area (Å²) in [6.45, 7) is 2.24. The zero-order valence-electron chi connectivity index (χ0n) is 13.7. The Kier molecular flexibility index (Phi) is 14.9. The summed E-state index contributed by atoms with van der Waals surface area (Å²) in [5.74, 6) is -0.913. The lowest BCUT2D eigenvalue weighted by Gasteiger charge is -2.06. The van der Waals surface area contributed by atoms with Crippen LogP contribution in [-0.2, 0) is 4.79 Å². The van der Waals surface area contributed by atoms with Crippen LogP contribution in [0.5, 0.6) is 0 Å². The van der Waals surface area contributed by atoms with Crippen LogP contribution in [0.2, 0.25) is 0 Å². The first-order valence-corrected chi connectivity index (χ1v) is 8.71. The fourth-order valence-electron chi connectivity index (χ4n) is 2.40. The first-order valence-electron chi connectivity index (χ1n) is 8.71. The van der Waals surface area contributed by atoms with E-state index in [9.17, 15) is 9.90 Å². The smallest absolute Gasteiger partial charge is 0.305 e. The van der Waals surface area contributed by atoms with Gasteiger partial charge in [-0.3, -0.25) is 4.79 Å². The number of aliphatic carboxylic acids is 1. The first-order chi connectivity index (χ1) is 10.2. The van der Waals surface area contributed by atoms with Crippen molar-refractivity contribution in [1.82, 2.24) is 0 Å². The number of rotatable bonds is 15. The van der Waals surface area contributed by atoms with Crippen molar-refractivity contribution in [3.63, 3.8) is 0 Å². The second kappa shape index (κ2) is 15.6. The van der Waals surface area contributed by atoms with Gasteiger partial charge in [0.25, 0.3) is 0 Å². The Hall–Kier alpha value is -0.830. The molecule has 0 saturated heterocycles. The molecule has 3 heteroatoms. The molecule has 0 heterocycles. The van der Waals surface area contributed by atoms with E-state index in [0.29, 0.717) is 6.42 Å². The molecule has 0 amide bonds. The van der Waals surface area contributed by atoms with Gasteiger partial charge in [0.1, 0.15) is 0 Å². The molecule has 0 aromatic heterocycles. The van der Waals surface area contributed by atoms with Crippen LogP contribution in [0.3, 0.4) is 0 Å². The van der Waals surface area contributed by atoms with E-state index < -0.39 is 12.1 Å². The summed E-state index contributed by atoms with van der Waals surface area (Å²) in [5, 5.41) is 17.9. The molecule has 0 aliphatic rings. The highest BCUT2D eigenvalue weighted by atomic mass is 16.4. The van der Waals surface area contributed by atoms with E-state index >= 15 is 0 Å². The van der Waals surface area contributed by atoms with Gasteiger partial charge in [0.2, 0.25) is 0 Å². The molecule has 0 bridgehead atoms. The van der Waals surface area contributed by atoms with E-state index in [1.165, 1.54) is 57.8 Å². The van der Waals surface area contributed by atoms with Gasteiger partial charge < -0.3 is 10.2 Å². The molecular formula is C18H34O3. The van der Waals surface area contributed by atoms with Gasteiger partial charge in [0.05, 0.1) is 12.5 Å². The molecule has 3 nitrogen and oxygen atoms in total. The average molecular weight is 298 g/mol. The number of aliphatic hydroxyl groups is 1. The zero-order valence-corrected chi connectivity index (χ0v) is 13.7. The summed E-state index contributed by atoms with van der Waals surface area (Å²) in [4.78, 5) is 10.4. The minimum absolute atomic E-state index is 0.122. The summed E-state index contributed by atoms with van der Waals surface area (Å²) in [5.41, 5.74) is 0. The molecule has 0 aliphatic carbocycles. The van der Waals surface area contributed by atoms with E-state index in [0.717, 1.165) is 12.8 Å². The maximum Gasteiger partial charge on any atom is 0.305 e. The van der Waals surface area contributed by atoms with Gasteiger partial charge in [-0.15, -0.1) is 0 Å². The maximum absolute atomic E-state index is 10.4. The van der Waals surface area contributed by atoms with Crippen LogP contribution in [-0.4, -0.2) is 22.3 Å². The highest BCUT2D eigenvalue weighted by Gasteiger charge is 2.08. The van der Waals surface area contributed by atoms with Crippen molar-refractivity contribution < 1.29 is 15.0 Å². The molecule has 2 N–H and O–H groups in total. The summed E-state index contributed by atoms with van der Waals surface area (Å²) in [6, 6.07) is 0. The third-order valence-electron chi connectivity index (χ3n) is 3.71. The van der Waals surface area contributed by atoms with Gasteiger partial charge in [-0.1, -0.05) is 64.0 Å². The minimum Gasteiger partial charge on any atom is -0.481 e. The number of carboxylic acids is 1. The van der Waals surface area contributed by atoms with Crippen LogP contribution < -0.4 is 0 Å². The third kappa shape index (κ3) is 17.1. The Morgan fingerprint density at radius 2 is 1.43 bits per heavy atom. The van der Waals surface area contributed by atoms with Crippen LogP contribution in [0.4, 0.5) is 0 Å². The number of aliphatic hydroxyl groups excluding tert-OH is 1. The standard InChI is InChI=1S/C18H34O3/c1-2-3-4-5-6-7-8-9-10-11-12-13-14-15-17(19)16-18(20)21/h7-8,17,19H,2-6,9-16H2,1H3,(H,20,21)/b8-7-. The van der Waals surface area contributed by atoms with Crippen molar-refractivity contribution in [2.75, 3.05) is 0 Å². The average Bonchev–Trinajstić information content (AvgIpc) is 2.43. The lowest BCUT2D eigenvalue weighted by atomic mass is 10.1. The topological polar surface area (TPSA) is 57.5 Å². The molecule has 0 rings (SSSR count). The Bertz CT molecular complexity index is 261.